The molecule has 0 spiro atoms. The fourth-order valence-corrected chi connectivity index (χ4v) is 5.57. The SMILES string of the molecule is C=CC(=O)Nc1cc(-c2c(-c3cnn(CCN4CCCC4)c3)[nH]c3ncc(/C(=C/N)C(C)=NC)c(C)c23)ccc1C. The summed E-state index contributed by atoms with van der Waals surface area (Å²) in [6, 6.07) is 6.10. The third-order valence-corrected chi connectivity index (χ3v) is 8.00. The molecule has 0 saturated carbocycles. The zero-order chi connectivity index (χ0) is 29.1. The van der Waals surface area contributed by atoms with Gasteiger partial charge in [-0.1, -0.05) is 18.7 Å². The molecule has 212 valence electrons. The third kappa shape index (κ3) is 5.58. The number of hydrogen-bond donors (Lipinski definition) is 3. The molecule has 0 aliphatic carbocycles. The summed E-state index contributed by atoms with van der Waals surface area (Å²) in [4.78, 5) is 27.5. The van der Waals surface area contributed by atoms with Gasteiger partial charge >= 0.3 is 0 Å². The van der Waals surface area contributed by atoms with Gasteiger partial charge in [0.05, 0.1) is 18.4 Å². The molecule has 1 fully saturated rings. The van der Waals surface area contributed by atoms with Crippen molar-refractivity contribution in [3.63, 3.8) is 0 Å². The molecule has 1 aliphatic rings. The van der Waals surface area contributed by atoms with Crippen molar-refractivity contribution in [1.82, 2.24) is 24.6 Å². The van der Waals surface area contributed by atoms with Crippen molar-refractivity contribution in [2.24, 2.45) is 10.7 Å². The number of amides is 1. The number of carbonyl (C=O) groups excluding carboxylic acids is 1. The Kier molecular flexibility index (Phi) is 8.16. The molecule has 0 atom stereocenters. The lowest BCUT2D eigenvalue weighted by Gasteiger charge is -2.14. The Morgan fingerprint density at radius 3 is 2.68 bits per heavy atom. The smallest absolute Gasteiger partial charge is 0.247 e. The molecule has 9 nitrogen and oxygen atoms in total. The monoisotopic (exact) mass is 550 g/mol. The van der Waals surface area contributed by atoms with Crippen molar-refractivity contribution in [3.8, 4) is 22.4 Å². The largest absolute Gasteiger partial charge is 0.404 e. The second-order valence-corrected chi connectivity index (χ2v) is 10.5. The van der Waals surface area contributed by atoms with E-state index in [4.69, 9.17) is 15.8 Å². The summed E-state index contributed by atoms with van der Waals surface area (Å²) >= 11 is 0. The Hall–Kier alpha value is -4.50. The van der Waals surface area contributed by atoms with Gasteiger partial charge in [0.1, 0.15) is 5.65 Å². The molecule has 0 bridgehead atoms. The predicted octanol–water partition coefficient (Wildman–Crippen LogP) is 5.32. The van der Waals surface area contributed by atoms with E-state index in [1.807, 2.05) is 43.1 Å². The van der Waals surface area contributed by atoms with Crippen molar-refractivity contribution < 1.29 is 4.79 Å². The van der Waals surface area contributed by atoms with E-state index >= 15 is 0 Å². The standard InChI is InChI=1S/C32H38N8O/c1-6-28(41)37-27-15-23(10-9-20(27)2)30-29-21(3)26(25(16-33)22(4)34-5)18-35-32(29)38-31(30)24-17-36-40(19-24)14-13-39-11-7-8-12-39/h6,9-10,15-19H,1,7-8,11-14,33H2,2-5H3,(H,35,38)(H,37,41)/b25-16+,34-22?. The summed E-state index contributed by atoms with van der Waals surface area (Å²) in [5.74, 6) is -0.254. The van der Waals surface area contributed by atoms with Gasteiger partial charge in [0, 0.05) is 71.2 Å². The van der Waals surface area contributed by atoms with E-state index in [1.165, 1.54) is 18.9 Å². The second-order valence-electron chi connectivity index (χ2n) is 10.5. The number of nitrogens with one attached hydrogen (secondary N) is 2. The van der Waals surface area contributed by atoms with E-state index in [-0.39, 0.29) is 5.91 Å². The Morgan fingerprint density at radius 1 is 1.20 bits per heavy atom. The van der Waals surface area contributed by atoms with E-state index in [9.17, 15) is 4.79 Å². The highest BCUT2D eigenvalue weighted by Crippen LogP contribution is 2.42. The zero-order valence-corrected chi connectivity index (χ0v) is 24.3. The average molecular weight is 551 g/mol. The number of nitrogens with zero attached hydrogens (tertiary/aromatic N) is 5. The maximum absolute atomic E-state index is 12.2. The molecule has 0 unspecified atom stereocenters. The molecule has 0 radical (unpaired) electrons. The Labute approximate surface area is 240 Å². The highest BCUT2D eigenvalue weighted by molar-refractivity contribution is 6.23. The minimum Gasteiger partial charge on any atom is -0.404 e. The molecule has 4 N–H and O–H groups in total. The summed E-state index contributed by atoms with van der Waals surface area (Å²) < 4.78 is 2.01. The Bertz CT molecular complexity index is 1670. The number of benzene rings is 1. The van der Waals surface area contributed by atoms with Gasteiger partial charge in [-0.25, -0.2) is 4.98 Å². The van der Waals surface area contributed by atoms with Crippen LogP contribution in [0.25, 0.3) is 39.0 Å². The van der Waals surface area contributed by atoms with E-state index in [2.05, 4.69) is 46.0 Å². The predicted molar refractivity (Wildman–Crippen MR) is 168 cm³/mol. The first-order valence-electron chi connectivity index (χ1n) is 14.0. The van der Waals surface area contributed by atoms with Crippen LogP contribution in [0, 0.1) is 13.8 Å². The van der Waals surface area contributed by atoms with Crippen molar-refractivity contribution in [1.29, 1.82) is 0 Å². The van der Waals surface area contributed by atoms with E-state index < -0.39 is 0 Å². The minimum atomic E-state index is -0.254. The molecular formula is C32H38N8O. The number of rotatable bonds is 9. The van der Waals surface area contributed by atoms with Crippen LogP contribution >= 0.6 is 0 Å². The molecule has 41 heavy (non-hydrogen) atoms. The fraction of sp³-hybridized carbons (Fsp3) is 0.312. The summed E-state index contributed by atoms with van der Waals surface area (Å²) in [6.07, 6.45) is 11.3. The Morgan fingerprint density at radius 2 is 1.98 bits per heavy atom. The normalized spacial score (nSPS) is 14.6. The number of aromatic amines is 1. The lowest BCUT2D eigenvalue weighted by atomic mass is 9.92. The molecule has 1 aromatic carbocycles. The highest BCUT2D eigenvalue weighted by Gasteiger charge is 2.22. The summed E-state index contributed by atoms with van der Waals surface area (Å²) in [5.41, 5.74) is 16.0. The van der Waals surface area contributed by atoms with E-state index in [0.29, 0.717) is 0 Å². The number of likely N-dealkylation sites (tertiary alicyclic amines) is 1. The number of fused-ring (bicyclic) bond motifs is 1. The highest BCUT2D eigenvalue weighted by atomic mass is 16.1. The Balaban J connectivity index is 1.68. The molecule has 3 aromatic heterocycles. The second kappa shape index (κ2) is 11.9. The van der Waals surface area contributed by atoms with Crippen LogP contribution in [0.15, 0.2) is 60.6 Å². The molecule has 4 aromatic rings. The summed E-state index contributed by atoms with van der Waals surface area (Å²) in [5, 5.41) is 8.63. The van der Waals surface area contributed by atoms with Crippen LogP contribution in [0.1, 0.15) is 36.5 Å². The lowest BCUT2D eigenvalue weighted by Crippen LogP contribution is -2.24. The van der Waals surface area contributed by atoms with E-state index in [0.717, 1.165) is 93.3 Å². The van der Waals surface area contributed by atoms with Crippen LogP contribution in [-0.4, -0.2) is 62.9 Å². The first kappa shape index (κ1) is 28.0. The molecule has 1 amide bonds. The zero-order valence-electron chi connectivity index (χ0n) is 24.3. The molecular weight excluding hydrogens is 512 g/mol. The number of aryl methyl sites for hydroxylation is 2. The summed E-state index contributed by atoms with van der Waals surface area (Å²) in [7, 11) is 1.76. The third-order valence-electron chi connectivity index (χ3n) is 8.00. The van der Waals surface area contributed by atoms with Gasteiger partial charge in [-0.2, -0.15) is 5.10 Å². The van der Waals surface area contributed by atoms with Gasteiger partial charge in [0.2, 0.25) is 5.91 Å². The van der Waals surface area contributed by atoms with Crippen LogP contribution in [0.3, 0.4) is 0 Å². The van der Waals surface area contributed by atoms with Crippen LogP contribution in [0.2, 0.25) is 0 Å². The van der Waals surface area contributed by atoms with Crippen LogP contribution in [0.5, 0.6) is 0 Å². The lowest BCUT2D eigenvalue weighted by molar-refractivity contribution is -0.111. The molecule has 4 heterocycles. The molecule has 1 saturated heterocycles. The number of H-pyrrole nitrogens is 1. The maximum Gasteiger partial charge on any atom is 0.247 e. The number of nitrogens with two attached hydrogens (primary N) is 1. The van der Waals surface area contributed by atoms with Gasteiger partial charge < -0.3 is 20.9 Å². The number of aromatic nitrogens is 4. The van der Waals surface area contributed by atoms with Crippen molar-refractivity contribution in [2.45, 2.75) is 40.2 Å². The fourth-order valence-electron chi connectivity index (χ4n) is 5.57. The maximum atomic E-state index is 12.2. The molecule has 9 heteroatoms. The van der Waals surface area contributed by atoms with E-state index in [1.54, 1.807) is 13.2 Å². The van der Waals surface area contributed by atoms with Crippen LogP contribution < -0.4 is 11.1 Å². The van der Waals surface area contributed by atoms with Crippen molar-refractivity contribution in [2.75, 3.05) is 32.0 Å². The number of allylic oxidation sites excluding steroid dienone is 1. The first-order valence-corrected chi connectivity index (χ1v) is 14.0. The topological polar surface area (TPSA) is 117 Å². The number of pyridine rings is 1. The minimum absolute atomic E-state index is 0.254. The van der Waals surface area contributed by atoms with Gasteiger partial charge in [0.25, 0.3) is 0 Å². The quantitative estimate of drug-likeness (QED) is 0.193. The number of hydrogen-bond acceptors (Lipinski definition) is 6. The van der Waals surface area contributed by atoms with Crippen LogP contribution in [0.4, 0.5) is 5.69 Å². The molecule has 1 aliphatic heterocycles. The molecule has 5 rings (SSSR count). The summed E-state index contributed by atoms with van der Waals surface area (Å²) in [6.45, 7) is 13.7. The van der Waals surface area contributed by atoms with Crippen molar-refractivity contribution in [3.05, 3.63) is 72.3 Å². The first-order chi connectivity index (χ1) is 19.8. The number of anilines is 1. The number of carbonyl (C=O) groups is 1. The van der Waals surface area contributed by atoms with Gasteiger partial charge in [0.15, 0.2) is 0 Å². The van der Waals surface area contributed by atoms with Gasteiger partial charge in [-0.3, -0.25) is 14.5 Å². The van der Waals surface area contributed by atoms with Gasteiger partial charge in [-0.05, 0) is 75.5 Å². The number of aliphatic imine (C=N–C) groups is 1. The average Bonchev–Trinajstić information content (AvgIpc) is 3.74. The van der Waals surface area contributed by atoms with Crippen molar-refractivity contribution >= 4 is 33.9 Å². The van der Waals surface area contributed by atoms with Gasteiger partial charge in [-0.15, -0.1) is 0 Å². The van der Waals surface area contributed by atoms with Crippen LogP contribution in [-0.2, 0) is 11.3 Å².